The fraction of sp³-hybridized carbons (Fsp3) is 1.00. The summed E-state index contributed by atoms with van der Waals surface area (Å²) in [6.45, 7) is 6.84. The Balaban J connectivity index is 2.90. The Morgan fingerprint density at radius 3 is 2.75 bits per heavy atom. The first-order chi connectivity index (χ1) is 5.81. The van der Waals surface area contributed by atoms with Crippen LogP contribution in [0.25, 0.3) is 0 Å². The quantitative estimate of drug-likeness (QED) is 0.535. The maximum Gasteiger partial charge on any atom is 0.0555 e. The van der Waals surface area contributed by atoms with Crippen LogP contribution in [-0.4, -0.2) is 37.5 Å². The zero-order valence-corrected chi connectivity index (χ0v) is 8.18. The van der Waals surface area contributed by atoms with Gasteiger partial charge in [0, 0.05) is 13.2 Å². The van der Waals surface area contributed by atoms with Gasteiger partial charge in [-0.3, -0.25) is 0 Å². The van der Waals surface area contributed by atoms with E-state index in [-0.39, 0.29) is 6.61 Å². The van der Waals surface area contributed by atoms with E-state index in [1.807, 2.05) is 0 Å². The Kier molecular flexibility index (Phi) is 8.88. The molecule has 0 aliphatic carbocycles. The molecule has 1 atom stereocenters. The van der Waals surface area contributed by atoms with Crippen LogP contribution in [-0.2, 0) is 4.74 Å². The molecular formula is C9H21NO2. The third-order valence-corrected chi connectivity index (χ3v) is 1.76. The van der Waals surface area contributed by atoms with Gasteiger partial charge in [-0.15, -0.1) is 0 Å². The van der Waals surface area contributed by atoms with Crippen LogP contribution in [0.4, 0.5) is 0 Å². The fourth-order valence-corrected chi connectivity index (χ4v) is 0.804. The molecule has 0 aromatic heterocycles. The van der Waals surface area contributed by atoms with Crippen LogP contribution in [0.1, 0.15) is 26.7 Å². The smallest absolute Gasteiger partial charge is 0.0555 e. The topological polar surface area (TPSA) is 41.5 Å². The van der Waals surface area contributed by atoms with E-state index < -0.39 is 0 Å². The minimum atomic E-state index is 0.215. The average molecular weight is 175 g/mol. The summed E-state index contributed by atoms with van der Waals surface area (Å²) < 4.78 is 5.47. The molecule has 0 rings (SSSR count). The van der Waals surface area contributed by atoms with Crippen molar-refractivity contribution in [2.75, 3.05) is 26.3 Å². The number of ether oxygens (including phenoxy) is 1. The minimum absolute atomic E-state index is 0.215. The number of hydrogen-bond acceptors (Lipinski definition) is 3. The first kappa shape index (κ1) is 11.9. The largest absolute Gasteiger partial charge is 0.395 e. The van der Waals surface area contributed by atoms with Gasteiger partial charge < -0.3 is 15.2 Å². The van der Waals surface area contributed by atoms with Gasteiger partial charge in [0.15, 0.2) is 0 Å². The van der Waals surface area contributed by atoms with E-state index in [0.29, 0.717) is 12.6 Å². The Hall–Kier alpha value is -0.120. The van der Waals surface area contributed by atoms with E-state index in [0.717, 1.165) is 26.0 Å². The maximum absolute atomic E-state index is 8.46. The van der Waals surface area contributed by atoms with E-state index in [1.165, 1.54) is 0 Å². The zero-order chi connectivity index (χ0) is 9.23. The summed E-state index contributed by atoms with van der Waals surface area (Å²) in [5.74, 6) is 0. The Bertz CT molecular complexity index is 88.6. The molecule has 0 bridgehead atoms. The van der Waals surface area contributed by atoms with Crippen molar-refractivity contribution in [2.45, 2.75) is 32.8 Å². The molecule has 0 amide bonds. The van der Waals surface area contributed by atoms with Crippen LogP contribution in [0, 0.1) is 0 Å². The predicted molar refractivity (Wildman–Crippen MR) is 50.3 cm³/mol. The number of aliphatic hydroxyl groups excluding tert-OH is 1. The monoisotopic (exact) mass is 175 g/mol. The third-order valence-electron chi connectivity index (χ3n) is 1.76. The van der Waals surface area contributed by atoms with Crippen molar-refractivity contribution in [1.82, 2.24) is 5.32 Å². The molecule has 0 aromatic carbocycles. The van der Waals surface area contributed by atoms with Crippen molar-refractivity contribution in [3.63, 3.8) is 0 Å². The Morgan fingerprint density at radius 2 is 2.17 bits per heavy atom. The van der Waals surface area contributed by atoms with Crippen molar-refractivity contribution >= 4 is 0 Å². The fourth-order valence-electron chi connectivity index (χ4n) is 0.804. The molecule has 2 N–H and O–H groups in total. The molecule has 0 heterocycles. The number of nitrogens with one attached hydrogen (secondary N) is 1. The van der Waals surface area contributed by atoms with Crippen LogP contribution in [0.3, 0.4) is 0 Å². The molecular weight excluding hydrogens is 154 g/mol. The van der Waals surface area contributed by atoms with Gasteiger partial charge >= 0.3 is 0 Å². The lowest BCUT2D eigenvalue weighted by molar-refractivity contribution is 0.0619. The standard InChI is InChI=1S/C9H21NO2/c1-3-9(2)12-8-4-5-10-6-7-11/h9-11H,3-8H2,1-2H3. The second-order valence-electron chi connectivity index (χ2n) is 2.92. The molecule has 0 saturated carbocycles. The summed E-state index contributed by atoms with van der Waals surface area (Å²) in [5.41, 5.74) is 0. The van der Waals surface area contributed by atoms with Gasteiger partial charge in [0.05, 0.1) is 12.7 Å². The molecule has 1 unspecified atom stereocenters. The van der Waals surface area contributed by atoms with E-state index in [1.54, 1.807) is 0 Å². The van der Waals surface area contributed by atoms with Crippen molar-refractivity contribution in [3.05, 3.63) is 0 Å². The van der Waals surface area contributed by atoms with Gasteiger partial charge in [-0.05, 0) is 26.3 Å². The molecule has 0 fully saturated rings. The van der Waals surface area contributed by atoms with E-state index >= 15 is 0 Å². The summed E-state index contributed by atoms with van der Waals surface area (Å²) in [5, 5.41) is 11.6. The molecule has 12 heavy (non-hydrogen) atoms. The van der Waals surface area contributed by atoms with Crippen LogP contribution in [0.15, 0.2) is 0 Å². The summed E-state index contributed by atoms with van der Waals surface area (Å²) in [6.07, 6.45) is 2.47. The Labute approximate surface area is 75.1 Å². The minimum Gasteiger partial charge on any atom is -0.395 e. The second kappa shape index (κ2) is 8.97. The number of rotatable bonds is 8. The first-order valence-electron chi connectivity index (χ1n) is 4.74. The highest BCUT2D eigenvalue weighted by atomic mass is 16.5. The second-order valence-corrected chi connectivity index (χ2v) is 2.92. The summed E-state index contributed by atoms with van der Waals surface area (Å²) in [6, 6.07) is 0. The van der Waals surface area contributed by atoms with Gasteiger partial charge in [-0.25, -0.2) is 0 Å². The molecule has 3 nitrogen and oxygen atoms in total. The maximum atomic E-state index is 8.46. The van der Waals surface area contributed by atoms with Crippen LogP contribution in [0.2, 0.25) is 0 Å². The average Bonchev–Trinajstić information content (AvgIpc) is 2.10. The highest BCUT2D eigenvalue weighted by Gasteiger charge is 1.96. The highest BCUT2D eigenvalue weighted by Crippen LogP contribution is 1.95. The van der Waals surface area contributed by atoms with Gasteiger partial charge in [-0.1, -0.05) is 6.92 Å². The van der Waals surface area contributed by atoms with Gasteiger partial charge in [0.2, 0.25) is 0 Å². The van der Waals surface area contributed by atoms with E-state index in [4.69, 9.17) is 9.84 Å². The lowest BCUT2D eigenvalue weighted by atomic mass is 10.3. The molecule has 0 aliphatic rings. The van der Waals surface area contributed by atoms with E-state index in [2.05, 4.69) is 19.2 Å². The predicted octanol–water partition coefficient (Wildman–Crippen LogP) is 0.774. The van der Waals surface area contributed by atoms with Crippen molar-refractivity contribution < 1.29 is 9.84 Å². The molecule has 0 saturated heterocycles. The lowest BCUT2D eigenvalue weighted by Gasteiger charge is -2.10. The summed E-state index contributed by atoms with van der Waals surface area (Å²) >= 11 is 0. The SMILES string of the molecule is CCC(C)OCCCNCCO. The van der Waals surface area contributed by atoms with Crippen LogP contribution < -0.4 is 5.32 Å². The van der Waals surface area contributed by atoms with Gasteiger partial charge in [0.25, 0.3) is 0 Å². The Morgan fingerprint density at radius 1 is 1.42 bits per heavy atom. The van der Waals surface area contributed by atoms with Crippen LogP contribution >= 0.6 is 0 Å². The third kappa shape index (κ3) is 7.98. The molecule has 0 aliphatic heterocycles. The highest BCUT2D eigenvalue weighted by molar-refractivity contribution is 4.48. The van der Waals surface area contributed by atoms with Gasteiger partial charge in [-0.2, -0.15) is 0 Å². The molecule has 74 valence electrons. The molecule has 0 radical (unpaired) electrons. The lowest BCUT2D eigenvalue weighted by Crippen LogP contribution is -2.21. The molecule has 0 aromatic rings. The summed E-state index contributed by atoms with van der Waals surface area (Å²) in [4.78, 5) is 0. The molecule has 0 spiro atoms. The first-order valence-corrected chi connectivity index (χ1v) is 4.74. The van der Waals surface area contributed by atoms with Gasteiger partial charge in [0.1, 0.15) is 0 Å². The number of aliphatic hydroxyl groups is 1. The zero-order valence-electron chi connectivity index (χ0n) is 8.18. The normalized spacial score (nSPS) is 13.2. The van der Waals surface area contributed by atoms with Crippen LogP contribution in [0.5, 0.6) is 0 Å². The van der Waals surface area contributed by atoms with Crippen molar-refractivity contribution in [3.8, 4) is 0 Å². The van der Waals surface area contributed by atoms with Crippen molar-refractivity contribution in [2.24, 2.45) is 0 Å². The van der Waals surface area contributed by atoms with Crippen molar-refractivity contribution in [1.29, 1.82) is 0 Å². The number of hydrogen-bond donors (Lipinski definition) is 2. The van der Waals surface area contributed by atoms with E-state index in [9.17, 15) is 0 Å². The molecule has 3 heteroatoms. The summed E-state index contributed by atoms with van der Waals surface area (Å²) in [7, 11) is 0.